The van der Waals surface area contributed by atoms with Gasteiger partial charge in [-0.05, 0) is 86.9 Å². The number of fused-ring (bicyclic) bond motifs is 4. The number of allylic oxidation sites excluding steroid dienone is 2. The zero-order chi connectivity index (χ0) is 34.6. The van der Waals surface area contributed by atoms with Crippen molar-refractivity contribution < 1.29 is 54.4 Å². The Labute approximate surface area is 277 Å². The van der Waals surface area contributed by atoms with Gasteiger partial charge in [0, 0.05) is 11.3 Å². The molecular weight excluding hydrogens is 608 g/mol. The van der Waals surface area contributed by atoms with Crippen molar-refractivity contribution in [3.63, 3.8) is 0 Å². The molecule has 0 aromatic rings. The summed E-state index contributed by atoms with van der Waals surface area (Å²) in [7, 11) is 0. The molecule has 0 bridgehead atoms. The summed E-state index contributed by atoms with van der Waals surface area (Å²) >= 11 is 0. The molecule has 0 radical (unpaired) electrons. The summed E-state index contributed by atoms with van der Waals surface area (Å²) in [4.78, 5) is 27.8. The summed E-state index contributed by atoms with van der Waals surface area (Å²) in [5.74, 6) is -2.32. The molecule has 6 fully saturated rings. The minimum absolute atomic E-state index is 0.000363. The first-order valence-corrected chi connectivity index (χ1v) is 17.3. The van der Waals surface area contributed by atoms with Crippen LogP contribution in [0.1, 0.15) is 79.6 Å². The predicted octanol–water partition coefficient (Wildman–Crippen LogP) is 2.00. The van der Waals surface area contributed by atoms with Crippen molar-refractivity contribution in [1.29, 1.82) is 0 Å². The van der Waals surface area contributed by atoms with Crippen molar-refractivity contribution in [2.75, 3.05) is 6.61 Å². The molecule has 6 aliphatic rings. The highest BCUT2D eigenvalue weighted by atomic mass is 16.7. The van der Waals surface area contributed by atoms with Crippen molar-refractivity contribution in [3.8, 4) is 0 Å². The fourth-order valence-corrected chi connectivity index (χ4v) is 12.2. The molecule has 47 heavy (non-hydrogen) atoms. The van der Waals surface area contributed by atoms with Crippen molar-refractivity contribution >= 4 is 11.9 Å². The van der Waals surface area contributed by atoms with Gasteiger partial charge in [-0.2, -0.15) is 0 Å². The Morgan fingerprint density at radius 2 is 1.60 bits per heavy atom. The second-order valence-electron chi connectivity index (χ2n) is 16.6. The maximum absolute atomic E-state index is 14.5. The molecule has 2 heterocycles. The molecule has 6 rings (SSSR count). The highest BCUT2D eigenvalue weighted by Crippen LogP contribution is 2.77. The van der Waals surface area contributed by atoms with E-state index in [1.807, 2.05) is 13.8 Å². The van der Waals surface area contributed by atoms with Gasteiger partial charge in [-0.3, -0.25) is 9.59 Å². The number of rotatable bonds is 5. The van der Waals surface area contributed by atoms with E-state index in [0.717, 1.165) is 24.0 Å². The van der Waals surface area contributed by atoms with Crippen LogP contribution in [0, 0.1) is 51.2 Å². The number of ether oxygens (including phenoxy) is 3. The van der Waals surface area contributed by atoms with Gasteiger partial charge in [0.25, 0.3) is 0 Å². The number of carbonyl (C=O) groups excluding carboxylic acids is 2. The van der Waals surface area contributed by atoms with E-state index in [-0.39, 0.29) is 48.3 Å². The summed E-state index contributed by atoms with van der Waals surface area (Å²) in [6.45, 7) is 18.4. The SMILES string of the molecule is C=C(C)[C@@H]1C[C@H](O)[C@]2(C(=O)O[C@@H]3O[C@H](CO)[C@@H](O)[C@H](O)[C@H]3O)CC[C@]3(C)[C@H](C[C@H]4OC(=O)C[C@H](O)[C@]5(C)[C@@H]4[C@@]3(C)CC[C@H]5C(=C)C)[C@@H]12. The second kappa shape index (κ2) is 11.6. The molecule has 2 saturated heterocycles. The molecule has 6 N–H and O–H groups in total. The zero-order valence-corrected chi connectivity index (χ0v) is 28.3. The number of carbonyl (C=O) groups is 2. The van der Waals surface area contributed by atoms with E-state index in [0.29, 0.717) is 12.8 Å². The molecule has 0 amide bonds. The van der Waals surface area contributed by atoms with E-state index in [2.05, 4.69) is 33.9 Å². The Morgan fingerprint density at radius 3 is 2.21 bits per heavy atom. The lowest BCUT2D eigenvalue weighted by Crippen LogP contribution is -2.70. The molecule has 4 saturated carbocycles. The number of hydrogen-bond donors (Lipinski definition) is 6. The lowest BCUT2D eigenvalue weighted by molar-refractivity contribution is -0.301. The molecule has 0 unspecified atom stereocenters. The summed E-state index contributed by atoms with van der Waals surface area (Å²) < 4.78 is 17.6. The lowest BCUT2D eigenvalue weighted by Gasteiger charge is -2.71. The van der Waals surface area contributed by atoms with Gasteiger partial charge in [0.15, 0.2) is 0 Å². The fraction of sp³-hybridized carbons (Fsp3) is 0.833. The van der Waals surface area contributed by atoms with E-state index in [1.54, 1.807) is 0 Å². The Hall–Kier alpha value is -1.86. The largest absolute Gasteiger partial charge is 0.462 e. The van der Waals surface area contributed by atoms with Crippen LogP contribution >= 0.6 is 0 Å². The van der Waals surface area contributed by atoms with Crippen LogP contribution in [0.5, 0.6) is 0 Å². The van der Waals surface area contributed by atoms with E-state index in [4.69, 9.17) is 14.2 Å². The summed E-state index contributed by atoms with van der Waals surface area (Å²) in [6, 6.07) is 0. The highest BCUT2D eigenvalue weighted by Gasteiger charge is 2.76. The van der Waals surface area contributed by atoms with E-state index < -0.39 is 89.7 Å². The van der Waals surface area contributed by atoms with Gasteiger partial charge in [-0.25, -0.2) is 0 Å². The molecular formula is C36H54O11. The minimum Gasteiger partial charge on any atom is -0.462 e. The molecule has 4 aliphatic carbocycles. The van der Waals surface area contributed by atoms with Gasteiger partial charge < -0.3 is 44.8 Å². The predicted molar refractivity (Wildman–Crippen MR) is 168 cm³/mol. The smallest absolute Gasteiger partial charge is 0.317 e. The third-order valence-corrected chi connectivity index (χ3v) is 14.7. The van der Waals surface area contributed by atoms with Crippen LogP contribution in [-0.2, 0) is 23.8 Å². The highest BCUT2D eigenvalue weighted by molar-refractivity contribution is 5.79. The third-order valence-electron chi connectivity index (χ3n) is 14.7. The van der Waals surface area contributed by atoms with Gasteiger partial charge in [0.05, 0.1) is 30.7 Å². The zero-order valence-electron chi connectivity index (χ0n) is 28.3. The average molecular weight is 663 g/mol. The van der Waals surface area contributed by atoms with Crippen LogP contribution in [0.2, 0.25) is 0 Å². The molecule has 11 nitrogen and oxygen atoms in total. The number of esters is 2. The van der Waals surface area contributed by atoms with Crippen LogP contribution in [0.25, 0.3) is 0 Å². The Balaban J connectivity index is 1.43. The van der Waals surface area contributed by atoms with E-state index >= 15 is 0 Å². The Morgan fingerprint density at radius 1 is 0.915 bits per heavy atom. The quantitative estimate of drug-likeness (QED) is 0.187. The number of aliphatic hydroxyl groups is 6. The average Bonchev–Trinajstić information content (AvgIpc) is 3.26. The summed E-state index contributed by atoms with van der Waals surface area (Å²) in [5.41, 5.74) is -1.08. The minimum atomic E-state index is -1.77. The molecule has 17 atom stereocenters. The van der Waals surface area contributed by atoms with Crippen molar-refractivity contribution in [3.05, 3.63) is 24.3 Å². The Kier molecular flexibility index (Phi) is 8.64. The Bertz CT molecular complexity index is 1320. The molecule has 264 valence electrons. The maximum atomic E-state index is 14.5. The molecule has 0 aromatic heterocycles. The van der Waals surface area contributed by atoms with Gasteiger partial charge in [0.1, 0.15) is 30.5 Å². The molecule has 2 aliphatic heterocycles. The van der Waals surface area contributed by atoms with Gasteiger partial charge in [-0.15, -0.1) is 0 Å². The maximum Gasteiger partial charge on any atom is 0.317 e. The third kappa shape index (κ3) is 4.63. The molecule has 0 aromatic carbocycles. The van der Waals surface area contributed by atoms with Gasteiger partial charge in [-0.1, -0.05) is 45.1 Å². The van der Waals surface area contributed by atoms with Gasteiger partial charge in [0.2, 0.25) is 6.29 Å². The first-order chi connectivity index (χ1) is 21.9. The first kappa shape index (κ1) is 35.0. The van der Waals surface area contributed by atoms with E-state index in [1.165, 1.54) is 0 Å². The van der Waals surface area contributed by atoms with Crippen LogP contribution in [0.4, 0.5) is 0 Å². The normalized spacial score (nSPS) is 53.9. The fourth-order valence-electron chi connectivity index (χ4n) is 12.2. The van der Waals surface area contributed by atoms with Crippen molar-refractivity contribution in [2.45, 2.75) is 129 Å². The van der Waals surface area contributed by atoms with Crippen LogP contribution < -0.4 is 0 Å². The standard InChI is InChI=1S/C36H54O11/c1-16(2)18-12-24(39)36(32(44)47-31-29(43)28(42)27(41)22(15-37)46-31)11-10-33(5)20(26(18)36)13-21-30-34(33,6)9-8-19(17(3)4)35(30,7)23(38)14-25(40)45-21/h18-24,26-31,37-39,41-43H,1,3,8-15H2,2,4-7H3/t18-,19-,20+,21+,22+,23-,24-,26+,27+,28-,29+,30-,31-,33+,34+,35+,36+/m0/s1. The molecule has 11 heteroatoms. The monoisotopic (exact) mass is 662 g/mol. The topological polar surface area (TPSA) is 183 Å². The van der Waals surface area contributed by atoms with E-state index in [9.17, 15) is 40.2 Å². The number of aliphatic hydroxyl groups excluding tert-OH is 6. The van der Waals surface area contributed by atoms with Crippen molar-refractivity contribution in [2.24, 2.45) is 51.2 Å². The van der Waals surface area contributed by atoms with Crippen LogP contribution in [0.3, 0.4) is 0 Å². The van der Waals surface area contributed by atoms with Crippen LogP contribution in [-0.4, -0.2) is 98.2 Å². The second-order valence-corrected chi connectivity index (χ2v) is 16.6. The molecule has 0 spiro atoms. The lowest BCUT2D eigenvalue weighted by atomic mass is 9.33. The van der Waals surface area contributed by atoms with Crippen LogP contribution in [0.15, 0.2) is 24.3 Å². The summed E-state index contributed by atoms with van der Waals surface area (Å²) in [6.07, 6.45) is -7.54. The summed E-state index contributed by atoms with van der Waals surface area (Å²) in [5, 5.41) is 64.6. The van der Waals surface area contributed by atoms with Crippen molar-refractivity contribution in [1.82, 2.24) is 0 Å². The number of hydrogen-bond acceptors (Lipinski definition) is 11. The van der Waals surface area contributed by atoms with Gasteiger partial charge >= 0.3 is 11.9 Å². The first-order valence-electron chi connectivity index (χ1n) is 17.3.